The molecule has 3 heteroatoms. The molecule has 0 fully saturated rings. The predicted molar refractivity (Wildman–Crippen MR) is 126 cm³/mol. The van der Waals surface area contributed by atoms with Gasteiger partial charge < -0.3 is 5.32 Å². The van der Waals surface area contributed by atoms with E-state index in [2.05, 4.69) is 85.1 Å². The molecule has 1 atom stereocenters. The highest BCUT2D eigenvalue weighted by molar-refractivity contribution is 14.1. The zero-order valence-corrected chi connectivity index (χ0v) is 18.7. The van der Waals surface area contributed by atoms with Gasteiger partial charge in [-0.2, -0.15) is 0 Å². The van der Waals surface area contributed by atoms with Crippen LogP contribution in [0.2, 0.25) is 0 Å². The Bertz CT molecular complexity index is 910. The van der Waals surface area contributed by atoms with E-state index in [1.807, 2.05) is 42.5 Å². The van der Waals surface area contributed by atoms with Crippen LogP contribution in [0.4, 0.5) is 5.69 Å². The van der Waals surface area contributed by atoms with Crippen molar-refractivity contribution in [3.8, 4) is 0 Å². The number of anilines is 1. The summed E-state index contributed by atoms with van der Waals surface area (Å²) in [5.41, 5.74) is 4.39. The molecule has 0 spiro atoms. The molecule has 1 N–H and O–H groups in total. The number of rotatable bonds is 5. The minimum Gasteiger partial charge on any atom is -0.326 e. The van der Waals surface area contributed by atoms with Crippen LogP contribution in [-0.2, 0) is 16.6 Å². The number of amides is 1. The molecule has 1 unspecified atom stereocenters. The molecule has 28 heavy (non-hydrogen) atoms. The second-order valence-electron chi connectivity index (χ2n) is 8.11. The molecule has 0 saturated carbocycles. The molecular weight excluding hydrogens is 457 g/mol. The first-order valence-electron chi connectivity index (χ1n) is 9.54. The summed E-state index contributed by atoms with van der Waals surface area (Å²) in [4.78, 5) is 13.2. The Balaban J connectivity index is 1.88. The lowest BCUT2D eigenvalue weighted by Gasteiger charge is -2.22. The summed E-state index contributed by atoms with van der Waals surface area (Å²) in [6.07, 6.45) is 0.673. The van der Waals surface area contributed by atoms with Gasteiger partial charge in [0, 0.05) is 9.26 Å². The Morgan fingerprint density at radius 2 is 1.50 bits per heavy atom. The van der Waals surface area contributed by atoms with E-state index in [9.17, 15) is 4.79 Å². The van der Waals surface area contributed by atoms with E-state index in [1.165, 1.54) is 5.56 Å². The summed E-state index contributed by atoms with van der Waals surface area (Å²) in [7, 11) is 0. The maximum absolute atomic E-state index is 13.2. The molecule has 0 aliphatic rings. The van der Waals surface area contributed by atoms with Gasteiger partial charge >= 0.3 is 0 Å². The van der Waals surface area contributed by atoms with E-state index in [0.717, 1.165) is 20.4 Å². The Kier molecular flexibility index (Phi) is 6.55. The molecule has 144 valence electrons. The number of carbonyl (C=O) groups excluding carboxylic acids is 1. The van der Waals surface area contributed by atoms with Crippen LogP contribution in [0.1, 0.15) is 43.4 Å². The third-order valence-corrected chi connectivity index (χ3v) is 5.61. The van der Waals surface area contributed by atoms with Crippen molar-refractivity contribution >= 4 is 34.2 Å². The normalized spacial score (nSPS) is 12.4. The van der Waals surface area contributed by atoms with Crippen LogP contribution in [0.5, 0.6) is 0 Å². The lowest BCUT2D eigenvalue weighted by molar-refractivity contribution is -0.117. The van der Waals surface area contributed by atoms with Crippen molar-refractivity contribution in [3.63, 3.8) is 0 Å². The molecule has 2 nitrogen and oxygen atoms in total. The lowest BCUT2D eigenvalue weighted by atomic mass is 9.84. The van der Waals surface area contributed by atoms with Gasteiger partial charge in [-0.25, -0.2) is 0 Å². The smallest absolute Gasteiger partial charge is 0.232 e. The first-order valence-corrected chi connectivity index (χ1v) is 10.6. The largest absolute Gasteiger partial charge is 0.326 e. The molecule has 0 bridgehead atoms. The molecule has 3 aromatic rings. The Morgan fingerprint density at radius 1 is 0.893 bits per heavy atom. The maximum atomic E-state index is 13.2. The van der Waals surface area contributed by atoms with Crippen LogP contribution in [0.15, 0.2) is 78.9 Å². The summed E-state index contributed by atoms with van der Waals surface area (Å²) in [6, 6.07) is 26.6. The van der Waals surface area contributed by atoms with E-state index in [0.29, 0.717) is 6.42 Å². The molecule has 0 saturated heterocycles. The second-order valence-corrected chi connectivity index (χ2v) is 9.36. The van der Waals surface area contributed by atoms with E-state index in [-0.39, 0.29) is 17.2 Å². The molecule has 0 radical (unpaired) electrons. The molecule has 0 aliphatic heterocycles. The number of benzene rings is 3. The van der Waals surface area contributed by atoms with Crippen LogP contribution in [-0.4, -0.2) is 5.91 Å². The average Bonchev–Trinajstić information content (AvgIpc) is 2.68. The van der Waals surface area contributed by atoms with Gasteiger partial charge in [-0.15, -0.1) is 0 Å². The highest BCUT2D eigenvalue weighted by Crippen LogP contribution is 2.27. The monoisotopic (exact) mass is 483 g/mol. The second kappa shape index (κ2) is 8.91. The number of nitrogens with one attached hydrogen (secondary N) is 1. The fourth-order valence-electron chi connectivity index (χ4n) is 3.19. The van der Waals surface area contributed by atoms with Crippen LogP contribution < -0.4 is 5.32 Å². The molecule has 0 heterocycles. The lowest BCUT2D eigenvalue weighted by Crippen LogP contribution is -2.23. The summed E-state index contributed by atoms with van der Waals surface area (Å²) in [6.45, 7) is 6.60. The standard InChI is InChI=1S/C25H26INO/c1-25(2,3)20-11-9-19(10-12-20)23(17-18-7-5-4-6-8-18)24(28)27-22-15-13-21(26)14-16-22/h4-16,23H,17H2,1-3H3,(H,27,28). The van der Waals surface area contributed by atoms with Crippen LogP contribution in [0.3, 0.4) is 0 Å². The zero-order chi connectivity index (χ0) is 20.1. The van der Waals surface area contributed by atoms with Gasteiger partial charge in [0.15, 0.2) is 0 Å². The Labute approximate surface area is 181 Å². The molecule has 1 amide bonds. The summed E-state index contributed by atoms with van der Waals surface area (Å²) < 4.78 is 1.15. The zero-order valence-electron chi connectivity index (χ0n) is 16.6. The Hall–Kier alpha value is -2.14. The minimum absolute atomic E-state index is 0.0218. The quantitative estimate of drug-likeness (QED) is 0.410. The Morgan fingerprint density at radius 3 is 2.07 bits per heavy atom. The van der Waals surface area contributed by atoms with Crippen LogP contribution in [0.25, 0.3) is 0 Å². The fraction of sp³-hybridized carbons (Fsp3) is 0.240. The van der Waals surface area contributed by atoms with E-state index < -0.39 is 0 Å². The van der Waals surface area contributed by atoms with Gasteiger partial charge in [-0.3, -0.25) is 4.79 Å². The van der Waals surface area contributed by atoms with Gasteiger partial charge in [-0.05, 0) is 75.4 Å². The van der Waals surface area contributed by atoms with E-state index >= 15 is 0 Å². The number of hydrogen-bond acceptors (Lipinski definition) is 1. The van der Waals surface area contributed by atoms with Gasteiger partial charge in [0.1, 0.15) is 0 Å². The van der Waals surface area contributed by atoms with Crippen molar-refractivity contribution in [1.29, 1.82) is 0 Å². The van der Waals surface area contributed by atoms with Crippen molar-refractivity contribution in [2.24, 2.45) is 0 Å². The van der Waals surface area contributed by atoms with Crippen LogP contribution >= 0.6 is 22.6 Å². The number of halogens is 1. The molecule has 3 rings (SSSR count). The van der Waals surface area contributed by atoms with Gasteiger partial charge in [0.05, 0.1) is 5.92 Å². The highest BCUT2D eigenvalue weighted by atomic mass is 127. The molecule has 3 aromatic carbocycles. The molecular formula is C25H26INO. The summed E-state index contributed by atoms with van der Waals surface area (Å²) in [5, 5.41) is 3.09. The first-order chi connectivity index (χ1) is 13.3. The van der Waals surface area contributed by atoms with Crippen molar-refractivity contribution in [3.05, 3.63) is 99.1 Å². The van der Waals surface area contributed by atoms with Gasteiger partial charge in [0.2, 0.25) is 5.91 Å². The molecule has 0 aromatic heterocycles. The summed E-state index contributed by atoms with van der Waals surface area (Å²) in [5.74, 6) is -0.218. The van der Waals surface area contributed by atoms with E-state index in [4.69, 9.17) is 0 Å². The number of hydrogen-bond donors (Lipinski definition) is 1. The predicted octanol–water partition coefficient (Wildman–Crippen LogP) is 6.55. The van der Waals surface area contributed by atoms with E-state index in [1.54, 1.807) is 0 Å². The minimum atomic E-state index is -0.240. The van der Waals surface area contributed by atoms with Crippen molar-refractivity contribution in [2.45, 2.75) is 38.5 Å². The van der Waals surface area contributed by atoms with Crippen molar-refractivity contribution in [1.82, 2.24) is 0 Å². The van der Waals surface area contributed by atoms with Crippen molar-refractivity contribution in [2.75, 3.05) is 5.32 Å². The first kappa shape index (κ1) is 20.6. The third-order valence-electron chi connectivity index (χ3n) is 4.89. The van der Waals surface area contributed by atoms with Crippen LogP contribution in [0, 0.1) is 3.57 Å². The summed E-state index contributed by atoms with van der Waals surface area (Å²) >= 11 is 2.26. The fourth-order valence-corrected chi connectivity index (χ4v) is 3.55. The highest BCUT2D eigenvalue weighted by Gasteiger charge is 2.22. The third kappa shape index (κ3) is 5.44. The number of carbonyl (C=O) groups is 1. The maximum Gasteiger partial charge on any atom is 0.232 e. The topological polar surface area (TPSA) is 29.1 Å². The average molecular weight is 483 g/mol. The SMILES string of the molecule is CC(C)(C)c1ccc(C(Cc2ccccc2)C(=O)Nc2ccc(I)cc2)cc1. The van der Waals surface area contributed by atoms with Gasteiger partial charge in [0.25, 0.3) is 0 Å². The van der Waals surface area contributed by atoms with Crippen molar-refractivity contribution < 1.29 is 4.79 Å². The molecule has 0 aliphatic carbocycles. The van der Waals surface area contributed by atoms with Gasteiger partial charge in [-0.1, -0.05) is 75.4 Å².